The average Bonchev–Trinajstić information content (AvgIpc) is 2.96. The third kappa shape index (κ3) is 6.01. The molecule has 2 aromatic carbocycles. The van der Waals surface area contributed by atoms with Crippen molar-refractivity contribution in [1.82, 2.24) is 10.2 Å². The lowest BCUT2D eigenvalue weighted by Crippen LogP contribution is -2.32. The molecule has 31 heavy (non-hydrogen) atoms. The van der Waals surface area contributed by atoms with Crippen molar-refractivity contribution in [1.29, 1.82) is 0 Å². The molecule has 0 saturated carbocycles. The van der Waals surface area contributed by atoms with Crippen LogP contribution < -0.4 is 5.32 Å². The van der Waals surface area contributed by atoms with Crippen LogP contribution in [-0.4, -0.2) is 49.9 Å². The first kappa shape index (κ1) is 22.7. The molecule has 0 fully saturated rings. The number of nitrogens with zero attached hydrogens (tertiary/aromatic N) is 1. The van der Waals surface area contributed by atoms with E-state index in [9.17, 15) is 22.8 Å². The van der Waals surface area contributed by atoms with Crippen LogP contribution in [0.4, 0.5) is 0 Å². The Kier molecular flexibility index (Phi) is 7.22. The number of hydrogen-bond donors (Lipinski definition) is 1. The highest BCUT2D eigenvalue weighted by Gasteiger charge is 2.34. The molecule has 0 radical (unpaired) electrons. The zero-order chi connectivity index (χ0) is 22.4. The molecule has 0 bridgehead atoms. The summed E-state index contributed by atoms with van der Waals surface area (Å²) in [5, 5.41) is 2.70. The van der Waals surface area contributed by atoms with Gasteiger partial charge in [-0.1, -0.05) is 42.0 Å². The minimum absolute atomic E-state index is 0.00334. The smallest absolute Gasteiger partial charge is 0.261 e. The number of benzene rings is 2. The molecule has 1 aliphatic rings. The SMILES string of the molecule is Cc1ccc2c(c1)C(=O)N(CCCC(=O)NCCCS(=O)(=O)Cc1ccccc1)C2=O. The number of aryl methyl sites for hydroxylation is 1. The molecule has 1 heterocycles. The second-order valence-corrected chi connectivity index (χ2v) is 9.88. The third-order valence-electron chi connectivity index (χ3n) is 5.10. The summed E-state index contributed by atoms with van der Waals surface area (Å²) >= 11 is 0. The Hall–Kier alpha value is -3.00. The maximum atomic E-state index is 12.4. The Bertz CT molecular complexity index is 1080. The van der Waals surface area contributed by atoms with Crippen molar-refractivity contribution in [2.75, 3.05) is 18.8 Å². The lowest BCUT2D eigenvalue weighted by molar-refractivity contribution is -0.121. The van der Waals surface area contributed by atoms with Crippen LogP contribution >= 0.6 is 0 Å². The van der Waals surface area contributed by atoms with Gasteiger partial charge in [0.1, 0.15) is 0 Å². The summed E-state index contributed by atoms with van der Waals surface area (Å²) in [4.78, 5) is 38.0. The van der Waals surface area contributed by atoms with E-state index in [1.54, 1.807) is 42.5 Å². The van der Waals surface area contributed by atoms with E-state index in [1.165, 1.54) is 4.90 Å². The van der Waals surface area contributed by atoms with Crippen LogP contribution in [-0.2, 0) is 20.4 Å². The fourth-order valence-corrected chi connectivity index (χ4v) is 4.94. The van der Waals surface area contributed by atoms with Gasteiger partial charge in [-0.15, -0.1) is 0 Å². The van der Waals surface area contributed by atoms with Crippen molar-refractivity contribution in [3.63, 3.8) is 0 Å². The van der Waals surface area contributed by atoms with Crippen LogP contribution in [0.2, 0.25) is 0 Å². The molecule has 1 N–H and O–H groups in total. The summed E-state index contributed by atoms with van der Waals surface area (Å²) in [5.41, 5.74) is 2.46. The minimum atomic E-state index is -3.24. The second-order valence-electron chi connectivity index (χ2n) is 7.70. The predicted octanol–water partition coefficient (Wildman–Crippen LogP) is 2.49. The molecule has 7 nitrogen and oxygen atoms in total. The van der Waals surface area contributed by atoms with Gasteiger partial charge in [-0.25, -0.2) is 8.42 Å². The van der Waals surface area contributed by atoms with E-state index in [0.717, 1.165) is 11.1 Å². The van der Waals surface area contributed by atoms with E-state index in [0.29, 0.717) is 24.0 Å². The maximum absolute atomic E-state index is 12.4. The van der Waals surface area contributed by atoms with Gasteiger partial charge in [-0.2, -0.15) is 0 Å². The number of carbonyl (C=O) groups excluding carboxylic acids is 3. The summed E-state index contributed by atoms with van der Waals surface area (Å²) in [6, 6.07) is 14.1. The number of amides is 3. The summed E-state index contributed by atoms with van der Waals surface area (Å²) in [7, 11) is -3.24. The number of sulfone groups is 1. The van der Waals surface area contributed by atoms with Gasteiger partial charge >= 0.3 is 0 Å². The maximum Gasteiger partial charge on any atom is 0.261 e. The lowest BCUT2D eigenvalue weighted by atomic mass is 10.1. The number of rotatable bonds is 10. The molecule has 164 valence electrons. The molecule has 2 aromatic rings. The van der Waals surface area contributed by atoms with Gasteiger partial charge in [0.05, 0.1) is 22.6 Å². The summed E-state index contributed by atoms with van der Waals surface area (Å²) in [6.07, 6.45) is 0.838. The Morgan fingerprint density at radius 3 is 2.42 bits per heavy atom. The normalized spacial score (nSPS) is 13.4. The molecular weight excluding hydrogens is 416 g/mol. The largest absolute Gasteiger partial charge is 0.356 e. The lowest BCUT2D eigenvalue weighted by Gasteiger charge is -2.13. The minimum Gasteiger partial charge on any atom is -0.356 e. The van der Waals surface area contributed by atoms with E-state index >= 15 is 0 Å². The predicted molar refractivity (Wildman–Crippen MR) is 117 cm³/mol. The van der Waals surface area contributed by atoms with E-state index < -0.39 is 9.84 Å². The van der Waals surface area contributed by atoms with Gasteiger partial charge < -0.3 is 5.32 Å². The van der Waals surface area contributed by atoms with Gasteiger partial charge in [0.15, 0.2) is 9.84 Å². The number of nitrogens with one attached hydrogen (secondary N) is 1. The summed E-state index contributed by atoms with van der Waals surface area (Å²) in [6.45, 7) is 2.29. The first-order chi connectivity index (χ1) is 14.8. The Balaban J connectivity index is 1.36. The quantitative estimate of drug-likeness (QED) is 0.450. The molecule has 1 aliphatic heterocycles. The average molecular weight is 443 g/mol. The zero-order valence-corrected chi connectivity index (χ0v) is 18.3. The Labute approximate surface area is 182 Å². The second kappa shape index (κ2) is 9.87. The first-order valence-corrected chi connectivity index (χ1v) is 12.1. The number of carbonyl (C=O) groups is 3. The van der Waals surface area contributed by atoms with Crippen molar-refractivity contribution in [2.24, 2.45) is 0 Å². The topological polar surface area (TPSA) is 101 Å². The molecule has 0 unspecified atom stereocenters. The highest BCUT2D eigenvalue weighted by molar-refractivity contribution is 7.90. The molecule has 3 rings (SSSR count). The van der Waals surface area contributed by atoms with Crippen LogP contribution in [0.25, 0.3) is 0 Å². The van der Waals surface area contributed by atoms with Gasteiger partial charge in [0, 0.05) is 19.5 Å². The van der Waals surface area contributed by atoms with Gasteiger partial charge in [0.25, 0.3) is 11.8 Å². The highest BCUT2D eigenvalue weighted by atomic mass is 32.2. The Morgan fingerprint density at radius 1 is 0.968 bits per heavy atom. The van der Waals surface area contributed by atoms with Crippen LogP contribution in [0.5, 0.6) is 0 Å². The molecule has 0 saturated heterocycles. The van der Waals surface area contributed by atoms with E-state index in [4.69, 9.17) is 0 Å². The zero-order valence-electron chi connectivity index (χ0n) is 17.5. The molecule has 0 aromatic heterocycles. The molecular formula is C23H26N2O5S. The molecule has 0 spiro atoms. The number of fused-ring (bicyclic) bond motifs is 1. The monoisotopic (exact) mass is 442 g/mol. The summed E-state index contributed by atoms with van der Waals surface area (Å²) in [5.74, 6) is -0.900. The van der Waals surface area contributed by atoms with Crippen LogP contribution in [0, 0.1) is 6.92 Å². The van der Waals surface area contributed by atoms with Crippen molar-refractivity contribution in [3.8, 4) is 0 Å². The van der Waals surface area contributed by atoms with E-state index in [-0.39, 0.29) is 48.7 Å². The van der Waals surface area contributed by atoms with Gasteiger partial charge in [0.2, 0.25) is 5.91 Å². The highest BCUT2D eigenvalue weighted by Crippen LogP contribution is 2.24. The van der Waals surface area contributed by atoms with Crippen molar-refractivity contribution in [3.05, 3.63) is 70.8 Å². The standard InChI is InChI=1S/C23H26N2O5S/c1-17-10-11-19-20(15-17)23(28)25(22(19)27)13-5-9-21(26)24-12-6-14-31(29,30)16-18-7-3-2-4-8-18/h2-4,7-8,10-11,15H,5-6,9,12-14,16H2,1H3,(H,24,26). The summed E-state index contributed by atoms with van der Waals surface area (Å²) < 4.78 is 24.3. The fourth-order valence-electron chi connectivity index (χ4n) is 3.51. The first-order valence-electron chi connectivity index (χ1n) is 10.2. The third-order valence-corrected chi connectivity index (χ3v) is 6.78. The van der Waals surface area contributed by atoms with Crippen molar-refractivity contribution >= 4 is 27.6 Å². The van der Waals surface area contributed by atoms with Gasteiger partial charge in [-0.3, -0.25) is 19.3 Å². The fraction of sp³-hybridized carbons (Fsp3) is 0.348. The van der Waals surface area contributed by atoms with Gasteiger partial charge in [-0.05, 0) is 37.5 Å². The Morgan fingerprint density at radius 2 is 1.68 bits per heavy atom. The molecule has 0 aliphatic carbocycles. The van der Waals surface area contributed by atoms with Crippen LogP contribution in [0.15, 0.2) is 48.5 Å². The molecule has 3 amide bonds. The van der Waals surface area contributed by atoms with Crippen molar-refractivity contribution < 1.29 is 22.8 Å². The van der Waals surface area contributed by atoms with Crippen LogP contribution in [0.3, 0.4) is 0 Å². The van der Waals surface area contributed by atoms with E-state index in [1.807, 2.05) is 13.0 Å². The number of hydrogen-bond acceptors (Lipinski definition) is 5. The van der Waals surface area contributed by atoms with Crippen LogP contribution in [0.1, 0.15) is 51.1 Å². The van der Waals surface area contributed by atoms with E-state index in [2.05, 4.69) is 5.32 Å². The molecule has 0 atom stereocenters. The number of imide groups is 1. The van der Waals surface area contributed by atoms with Crippen molar-refractivity contribution in [2.45, 2.75) is 31.9 Å². The molecule has 8 heteroatoms.